The van der Waals surface area contributed by atoms with Crippen LogP contribution in [0.2, 0.25) is 0 Å². The first-order valence-corrected chi connectivity index (χ1v) is 8.84. The molecule has 27 heavy (non-hydrogen) atoms. The van der Waals surface area contributed by atoms with E-state index in [0.717, 1.165) is 21.9 Å². The maximum Gasteiger partial charge on any atom is 0.291 e. The first-order valence-electron chi connectivity index (χ1n) is 8.84. The Hall–Kier alpha value is -3.41. The summed E-state index contributed by atoms with van der Waals surface area (Å²) in [7, 11) is 1.62. The number of aromatic nitrogens is 3. The fraction of sp³-hybridized carbons (Fsp3) is 0.190. The molecule has 2 heterocycles. The average Bonchev–Trinajstić information content (AvgIpc) is 3.04. The molecule has 0 saturated carbocycles. The van der Waals surface area contributed by atoms with Crippen LogP contribution in [0, 0.1) is 0 Å². The van der Waals surface area contributed by atoms with Gasteiger partial charge in [0.2, 0.25) is 5.91 Å². The van der Waals surface area contributed by atoms with Crippen LogP contribution in [0.15, 0.2) is 65.6 Å². The van der Waals surface area contributed by atoms with E-state index in [2.05, 4.69) is 10.4 Å². The standard InChI is InChI=1S/C21H20N4O2/c1-14(20(26)22-12-15-8-4-3-5-9-15)25-18-11-7-6-10-16(18)17-13-23-24(2)21(27)19(17)25/h3-11,13-14H,12H2,1-2H3,(H,22,26)/t14-/m1/s1. The van der Waals surface area contributed by atoms with Crippen LogP contribution >= 0.6 is 0 Å². The van der Waals surface area contributed by atoms with Gasteiger partial charge < -0.3 is 9.88 Å². The van der Waals surface area contributed by atoms with Crippen LogP contribution in [-0.2, 0) is 18.4 Å². The summed E-state index contributed by atoms with van der Waals surface area (Å²) in [6.45, 7) is 2.26. The van der Waals surface area contributed by atoms with Crippen molar-refractivity contribution in [3.05, 3.63) is 76.7 Å². The van der Waals surface area contributed by atoms with Crippen molar-refractivity contribution in [2.24, 2.45) is 7.05 Å². The third kappa shape index (κ3) is 2.89. The molecule has 1 amide bonds. The fourth-order valence-corrected chi connectivity index (χ4v) is 3.44. The molecule has 1 atom stereocenters. The summed E-state index contributed by atoms with van der Waals surface area (Å²) < 4.78 is 3.11. The minimum absolute atomic E-state index is 0.139. The van der Waals surface area contributed by atoms with Crippen molar-refractivity contribution in [2.75, 3.05) is 0 Å². The molecule has 6 nitrogen and oxygen atoms in total. The van der Waals surface area contributed by atoms with Gasteiger partial charge in [0, 0.05) is 24.4 Å². The van der Waals surface area contributed by atoms with Gasteiger partial charge in [-0.15, -0.1) is 0 Å². The van der Waals surface area contributed by atoms with E-state index in [1.165, 1.54) is 4.68 Å². The van der Waals surface area contributed by atoms with E-state index in [9.17, 15) is 9.59 Å². The summed E-state index contributed by atoms with van der Waals surface area (Å²) >= 11 is 0. The van der Waals surface area contributed by atoms with Crippen molar-refractivity contribution in [1.29, 1.82) is 0 Å². The fourth-order valence-electron chi connectivity index (χ4n) is 3.44. The van der Waals surface area contributed by atoms with E-state index in [1.54, 1.807) is 13.2 Å². The largest absolute Gasteiger partial charge is 0.350 e. The minimum atomic E-state index is -0.536. The second-order valence-electron chi connectivity index (χ2n) is 6.60. The summed E-state index contributed by atoms with van der Waals surface area (Å²) in [6.07, 6.45) is 1.68. The number of aryl methyl sites for hydroxylation is 1. The Morgan fingerprint density at radius 3 is 2.56 bits per heavy atom. The van der Waals surface area contributed by atoms with Crippen molar-refractivity contribution >= 4 is 27.7 Å². The lowest BCUT2D eigenvalue weighted by Crippen LogP contribution is -2.32. The molecule has 4 rings (SSSR count). The number of rotatable bonds is 4. The molecule has 0 aliphatic heterocycles. The Morgan fingerprint density at radius 2 is 1.78 bits per heavy atom. The lowest BCUT2D eigenvalue weighted by atomic mass is 10.2. The van der Waals surface area contributed by atoms with Crippen molar-refractivity contribution in [3.63, 3.8) is 0 Å². The van der Waals surface area contributed by atoms with Gasteiger partial charge in [0.05, 0.1) is 11.7 Å². The van der Waals surface area contributed by atoms with E-state index in [0.29, 0.717) is 12.1 Å². The van der Waals surface area contributed by atoms with Crippen LogP contribution in [0.25, 0.3) is 21.8 Å². The Balaban J connectivity index is 1.78. The van der Waals surface area contributed by atoms with Crippen LogP contribution in [0.3, 0.4) is 0 Å². The molecule has 0 spiro atoms. The third-order valence-electron chi connectivity index (χ3n) is 4.88. The monoisotopic (exact) mass is 360 g/mol. The molecule has 0 aliphatic carbocycles. The molecular formula is C21H20N4O2. The second kappa shape index (κ2) is 6.72. The van der Waals surface area contributed by atoms with Crippen molar-refractivity contribution < 1.29 is 4.79 Å². The summed E-state index contributed by atoms with van der Waals surface area (Å²) in [6, 6.07) is 16.9. The van der Waals surface area contributed by atoms with Gasteiger partial charge in [0.1, 0.15) is 11.6 Å². The molecule has 0 saturated heterocycles. The molecule has 1 N–H and O–H groups in total. The van der Waals surface area contributed by atoms with E-state index >= 15 is 0 Å². The summed E-state index contributed by atoms with van der Waals surface area (Å²) in [5.41, 5.74) is 2.16. The Bertz CT molecular complexity index is 1190. The van der Waals surface area contributed by atoms with E-state index < -0.39 is 6.04 Å². The lowest BCUT2D eigenvalue weighted by molar-refractivity contribution is -0.123. The molecule has 2 aromatic heterocycles. The van der Waals surface area contributed by atoms with E-state index in [4.69, 9.17) is 0 Å². The molecule has 0 aliphatic rings. The van der Waals surface area contributed by atoms with Crippen molar-refractivity contribution in [2.45, 2.75) is 19.5 Å². The zero-order valence-electron chi connectivity index (χ0n) is 15.2. The second-order valence-corrected chi connectivity index (χ2v) is 6.60. The van der Waals surface area contributed by atoms with Crippen molar-refractivity contribution in [1.82, 2.24) is 19.7 Å². The number of benzene rings is 2. The maximum atomic E-state index is 12.8. The molecular weight excluding hydrogens is 340 g/mol. The normalized spacial score (nSPS) is 12.4. The number of hydrogen-bond acceptors (Lipinski definition) is 3. The van der Waals surface area contributed by atoms with Crippen LogP contribution in [-0.4, -0.2) is 20.3 Å². The van der Waals surface area contributed by atoms with E-state index in [-0.39, 0.29) is 11.5 Å². The molecule has 0 unspecified atom stereocenters. The van der Waals surface area contributed by atoms with Gasteiger partial charge in [-0.25, -0.2) is 4.68 Å². The number of hydrogen-bond donors (Lipinski definition) is 1. The highest BCUT2D eigenvalue weighted by Crippen LogP contribution is 2.29. The molecule has 0 bridgehead atoms. The molecule has 4 aromatic rings. The van der Waals surface area contributed by atoms with Crippen LogP contribution in [0.1, 0.15) is 18.5 Å². The number of fused-ring (bicyclic) bond motifs is 3. The van der Waals surface area contributed by atoms with Crippen LogP contribution < -0.4 is 10.9 Å². The van der Waals surface area contributed by atoms with Gasteiger partial charge in [-0.3, -0.25) is 9.59 Å². The Morgan fingerprint density at radius 1 is 1.07 bits per heavy atom. The quantitative estimate of drug-likeness (QED) is 0.608. The smallest absolute Gasteiger partial charge is 0.291 e. The molecule has 136 valence electrons. The zero-order valence-corrected chi connectivity index (χ0v) is 15.2. The number of amides is 1. The SMILES string of the molecule is C[C@H](C(=O)NCc1ccccc1)n1c2ccccc2c2cnn(C)c(=O)c21. The molecule has 0 radical (unpaired) electrons. The lowest BCUT2D eigenvalue weighted by Gasteiger charge is -2.16. The van der Waals surface area contributed by atoms with Gasteiger partial charge in [0.15, 0.2) is 0 Å². The summed E-state index contributed by atoms with van der Waals surface area (Å²) in [5, 5.41) is 8.78. The zero-order chi connectivity index (χ0) is 19.0. The van der Waals surface area contributed by atoms with Gasteiger partial charge in [0.25, 0.3) is 5.56 Å². The highest BCUT2D eigenvalue weighted by molar-refractivity contribution is 6.08. The first kappa shape index (κ1) is 17.0. The molecule has 6 heteroatoms. The number of para-hydroxylation sites is 1. The van der Waals surface area contributed by atoms with Crippen LogP contribution in [0.5, 0.6) is 0 Å². The highest BCUT2D eigenvalue weighted by atomic mass is 16.2. The number of carbonyl (C=O) groups is 1. The van der Waals surface area contributed by atoms with Crippen molar-refractivity contribution in [3.8, 4) is 0 Å². The molecule has 2 aromatic carbocycles. The van der Waals surface area contributed by atoms with Crippen LogP contribution in [0.4, 0.5) is 0 Å². The number of nitrogens with one attached hydrogen (secondary N) is 1. The summed E-state index contributed by atoms with van der Waals surface area (Å²) in [5.74, 6) is -0.139. The average molecular weight is 360 g/mol. The predicted octanol–water partition coefficient (Wildman–Crippen LogP) is 2.77. The highest BCUT2D eigenvalue weighted by Gasteiger charge is 2.22. The first-order chi connectivity index (χ1) is 13.1. The maximum absolute atomic E-state index is 12.8. The minimum Gasteiger partial charge on any atom is -0.350 e. The molecule has 0 fully saturated rings. The Labute approximate surface area is 156 Å². The number of nitrogens with zero attached hydrogens (tertiary/aromatic N) is 3. The van der Waals surface area contributed by atoms with Gasteiger partial charge in [-0.05, 0) is 18.6 Å². The topological polar surface area (TPSA) is 68.9 Å². The number of carbonyl (C=O) groups excluding carboxylic acids is 1. The summed E-state index contributed by atoms with van der Waals surface area (Å²) in [4.78, 5) is 25.6. The van der Waals surface area contributed by atoms with Gasteiger partial charge in [-0.1, -0.05) is 48.5 Å². The Kier molecular flexibility index (Phi) is 4.24. The van der Waals surface area contributed by atoms with Gasteiger partial charge in [-0.2, -0.15) is 5.10 Å². The van der Waals surface area contributed by atoms with E-state index in [1.807, 2.05) is 66.1 Å². The predicted molar refractivity (Wildman–Crippen MR) is 105 cm³/mol. The van der Waals surface area contributed by atoms with Gasteiger partial charge >= 0.3 is 0 Å². The third-order valence-corrected chi connectivity index (χ3v) is 4.88.